The molecule has 0 unspecified atom stereocenters. The zero-order valence-corrected chi connectivity index (χ0v) is 26.6. The molecular weight excluding hydrogens is 570 g/mol. The summed E-state index contributed by atoms with van der Waals surface area (Å²) in [6.07, 6.45) is 3.37. The van der Waals surface area contributed by atoms with Crippen LogP contribution in [0.5, 0.6) is 5.75 Å². The Bertz CT molecular complexity index is 1670. The predicted molar refractivity (Wildman–Crippen MR) is 175 cm³/mol. The van der Waals surface area contributed by atoms with Crippen molar-refractivity contribution < 1.29 is 19.1 Å². The van der Waals surface area contributed by atoms with Crippen LogP contribution in [0.4, 0.5) is 11.4 Å². The van der Waals surface area contributed by atoms with E-state index in [9.17, 15) is 14.4 Å². The van der Waals surface area contributed by atoms with E-state index in [1.165, 1.54) is 7.11 Å². The number of hydrogen-bond acceptors (Lipinski definition) is 7. The van der Waals surface area contributed by atoms with Crippen molar-refractivity contribution in [3.05, 3.63) is 74.7 Å². The largest absolute Gasteiger partial charge is 0.496 e. The number of carbonyl (C=O) groups is 2. The van der Waals surface area contributed by atoms with Crippen molar-refractivity contribution in [3.8, 4) is 16.9 Å². The standard InChI is InChI=1S/C35H43N5O5/c1-5-40(25-8-12-36-13-9-25)30-19-24(23-6-7-28-29(18-23)39-34(43)35(28)10-14-45-15-11-35)17-26(22(30)3)32(41)37-20-27-31(44-4)16-21(2)38-33(27)42/h6-7,16-19,25,36H,5,8-15,20H2,1-4H3,(H,37,41)(H,38,42)(H,39,43). The van der Waals surface area contributed by atoms with E-state index in [1.54, 1.807) is 13.0 Å². The Morgan fingerprint density at radius 1 is 1.07 bits per heavy atom. The molecule has 45 heavy (non-hydrogen) atoms. The van der Waals surface area contributed by atoms with Crippen molar-refractivity contribution in [1.29, 1.82) is 0 Å². The van der Waals surface area contributed by atoms with Gasteiger partial charge in [0.15, 0.2) is 0 Å². The molecule has 0 atom stereocenters. The maximum Gasteiger partial charge on any atom is 0.256 e. The van der Waals surface area contributed by atoms with Crippen LogP contribution in [-0.4, -0.2) is 62.8 Å². The second-order valence-corrected chi connectivity index (χ2v) is 12.4. The molecule has 238 valence electrons. The van der Waals surface area contributed by atoms with Gasteiger partial charge in [0.05, 0.1) is 24.6 Å². The van der Waals surface area contributed by atoms with Gasteiger partial charge in [0.1, 0.15) is 5.75 Å². The Labute approximate surface area is 263 Å². The lowest BCUT2D eigenvalue weighted by Gasteiger charge is -2.37. The maximum atomic E-state index is 13.9. The number of aromatic amines is 1. The molecule has 0 aliphatic carbocycles. The van der Waals surface area contributed by atoms with E-state index in [0.717, 1.165) is 66.1 Å². The van der Waals surface area contributed by atoms with Crippen LogP contribution in [0.3, 0.4) is 0 Å². The fourth-order valence-electron chi connectivity index (χ4n) is 7.27. The minimum absolute atomic E-state index is 0.0269. The minimum atomic E-state index is -0.543. The molecule has 2 amide bonds. The smallest absolute Gasteiger partial charge is 0.256 e. The third-order valence-corrected chi connectivity index (χ3v) is 9.80. The molecule has 2 fully saturated rings. The zero-order chi connectivity index (χ0) is 31.7. The van der Waals surface area contributed by atoms with E-state index < -0.39 is 5.41 Å². The van der Waals surface area contributed by atoms with Crippen LogP contribution >= 0.6 is 0 Å². The lowest BCUT2D eigenvalue weighted by molar-refractivity contribution is -0.124. The first-order chi connectivity index (χ1) is 21.8. The number of methoxy groups -OCH3 is 1. The molecule has 4 N–H and O–H groups in total. The highest BCUT2D eigenvalue weighted by molar-refractivity contribution is 6.07. The number of fused-ring (bicyclic) bond motifs is 2. The molecule has 3 aliphatic rings. The molecule has 0 saturated carbocycles. The van der Waals surface area contributed by atoms with Gasteiger partial charge in [0.25, 0.3) is 11.5 Å². The van der Waals surface area contributed by atoms with Gasteiger partial charge in [0.2, 0.25) is 5.91 Å². The number of hydrogen-bond donors (Lipinski definition) is 4. The van der Waals surface area contributed by atoms with Crippen molar-refractivity contribution >= 4 is 23.2 Å². The molecule has 3 aliphatic heterocycles. The molecule has 1 aromatic heterocycles. The number of piperidine rings is 1. The third-order valence-electron chi connectivity index (χ3n) is 9.80. The topological polar surface area (TPSA) is 125 Å². The molecule has 0 bridgehead atoms. The summed E-state index contributed by atoms with van der Waals surface area (Å²) in [6, 6.07) is 12.4. The molecule has 0 radical (unpaired) electrons. The minimum Gasteiger partial charge on any atom is -0.496 e. The number of nitrogens with zero attached hydrogens (tertiary/aromatic N) is 1. The van der Waals surface area contributed by atoms with Crippen LogP contribution in [-0.2, 0) is 21.5 Å². The summed E-state index contributed by atoms with van der Waals surface area (Å²) in [4.78, 5) is 45.1. The van der Waals surface area contributed by atoms with Crippen LogP contribution in [0, 0.1) is 13.8 Å². The average molecular weight is 614 g/mol. The number of amides is 2. The predicted octanol–water partition coefficient (Wildman–Crippen LogP) is 4.18. The Morgan fingerprint density at radius 2 is 1.82 bits per heavy atom. The Balaban J connectivity index is 1.39. The van der Waals surface area contributed by atoms with Crippen molar-refractivity contribution in [3.63, 3.8) is 0 Å². The highest BCUT2D eigenvalue weighted by Gasteiger charge is 2.47. The van der Waals surface area contributed by atoms with Crippen molar-refractivity contribution in [2.75, 3.05) is 50.2 Å². The van der Waals surface area contributed by atoms with Gasteiger partial charge in [-0.1, -0.05) is 12.1 Å². The number of pyridine rings is 1. The van der Waals surface area contributed by atoms with Gasteiger partial charge in [0, 0.05) is 48.4 Å². The summed E-state index contributed by atoms with van der Waals surface area (Å²) in [5, 5.41) is 9.58. The van der Waals surface area contributed by atoms with Crippen LogP contribution in [0.1, 0.15) is 65.3 Å². The van der Waals surface area contributed by atoms with E-state index in [2.05, 4.69) is 51.0 Å². The molecule has 6 rings (SSSR count). The van der Waals surface area contributed by atoms with Gasteiger partial charge in [-0.3, -0.25) is 14.4 Å². The summed E-state index contributed by atoms with van der Waals surface area (Å²) in [5.74, 6) is 0.204. The van der Waals surface area contributed by atoms with Crippen molar-refractivity contribution in [1.82, 2.24) is 15.6 Å². The number of carbonyl (C=O) groups excluding carboxylic acids is 2. The Morgan fingerprint density at radius 3 is 2.53 bits per heavy atom. The molecule has 2 saturated heterocycles. The molecule has 10 heteroatoms. The number of ether oxygens (including phenoxy) is 2. The van der Waals surface area contributed by atoms with Gasteiger partial charge < -0.3 is 35.3 Å². The van der Waals surface area contributed by atoms with Gasteiger partial charge >= 0.3 is 0 Å². The third kappa shape index (κ3) is 5.73. The lowest BCUT2D eigenvalue weighted by atomic mass is 9.75. The summed E-state index contributed by atoms with van der Waals surface area (Å²) < 4.78 is 11.0. The summed E-state index contributed by atoms with van der Waals surface area (Å²) >= 11 is 0. The van der Waals surface area contributed by atoms with Gasteiger partial charge in [-0.05, 0) is 106 Å². The molecule has 10 nitrogen and oxygen atoms in total. The lowest BCUT2D eigenvalue weighted by Crippen LogP contribution is -2.43. The molecule has 1 spiro atoms. The van der Waals surface area contributed by atoms with Gasteiger partial charge in [-0.2, -0.15) is 0 Å². The van der Waals surface area contributed by atoms with Crippen LogP contribution < -0.4 is 31.1 Å². The number of benzene rings is 2. The normalized spacial score (nSPS) is 17.6. The fourth-order valence-corrected chi connectivity index (χ4v) is 7.27. The van der Waals surface area contributed by atoms with E-state index in [-0.39, 0.29) is 23.9 Å². The van der Waals surface area contributed by atoms with E-state index in [1.807, 2.05) is 19.1 Å². The molecule has 3 aromatic rings. The van der Waals surface area contributed by atoms with Crippen LogP contribution in [0.25, 0.3) is 11.1 Å². The van der Waals surface area contributed by atoms with Crippen LogP contribution in [0.15, 0.2) is 41.2 Å². The second kappa shape index (κ2) is 12.7. The maximum absolute atomic E-state index is 13.9. The van der Waals surface area contributed by atoms with Crippen LogP contribution in [0.2, 0.25) is 0 Å². The second-order valence-electron chi connectivity index (χ2n) is 12.4. The molecule has 4 heterocycles. The number of aromatic nitrogens is 1. The number of rotatable bonds is 8. The zero-order valence-electron chi connectivity index (χ0n) is 26.6. The molecular formula is C35H43N5O5. The van der Waals surface area contributed by atoms with E-state index in [0.29, 0.717) is 54.7 Å². The van der Waals surface area contributed by atoms with Crippen molar-refractivity contribution in [2.45, 2.75) is 64.5 Å². The Kier molecular flexibility index (Phi) is 8.70. The number of aryl methyl sites for hydroxylation is 1. The number of anilines is 2. The first-order valence-corrected chi connectivity index (χ1v) is 16.0. The van der Waals surface area contributed by atoms with Crippen molar-refractivity contribution in [2.24, 2.45) is 0 Å². The number of H-pyrrole nitrogens is 1. The quantitative estimate of drug-likeness (QED) is 0.301. The SMILES string of the molecule is CCN(c1cc(-c2ccc3c(c2)NC(=O)C32CCOCC2)cc(C(=O)NCc2c(OC)cc(C)[nH]c2=O)c1C)C1CCNCC1. The van der Waals surface area contributed by atoms with E-state index >= 15 is 0 Å². The monoisotopic (exact) mass is 613 g/mol. The average Bonchev–Trinajstić information content (AvgIpc) is 3.31. The fraction of sp³-hybridized carbons (Fsp3) is 0.457. The Hall–Kier alpha value is -4.15. The highest BCUT2D eigenvalue weighted by atomic mass is 16.5. The summed E-state index contributed by atoms with van der Waals surface area (Å²) in [5.41, 5.74) is 6.33. The first-order valence-electron chi connectivity index (χ1n) is 16.0. The highest BCUT2D eigenvalue weighted by Crippen LogP contribution is 2.46. The number of nitrogens with one attached hydrogen (secondary N) is 4. The van der Waals surface area contributed by atoms with Gasteiger partial charge in [-0.15, -0.1) is 0 Å². The van der Waals surface area contributed by atoms with E-state index in [4.69, 9.17) is 9.47 Å². The van der Waals surface area contributed by atoms with Gasteiger partial charge in [-0.25, -0.2) is 0 Å². The summed E-state index contributed by atoms with van der Waals surface area (Å²) in [7, 11) is 1.52. The first kappa shape index (κ1) is 30.9. The molecule has 2 aromatic carbocycles. The summed E-state index contributed by atoms with van der Waals surface area (Å²) in [6.45, 7) is 9.82.